The predicted molar refractivity (Wildman–Crippen MR) is 43.0 cm³/mol. The van der Waals surface area contributed by atoms with Gasteiger partial charge in [-0.1, -0.05) is 12.2 Å². The normalized spacial score (nSPS) is 58.8. The first-order chi connectivity index (χ1) is 5.36. The molecule has 0 unspecified atom stereocenters. The largest absolute Gasteiger partial charge is 0.393 e. The third-order valence-electron chi connectivity index (χ3n) is 3.93. The molecule has 1 heteroatoms. The van der Waals surface area contributed by atoms with E-state index in [1.54, 1.807) is 0 Å². The molecule has 1 N–H and O–H groups in total. The summed E-state index contributed by atoms with van der Waals surface area (Å²) in [5.41, 5.74) is 0. The third kappa shape index (κ3) is 0.652. The first kappa shape index (κ1) is 6.24. The van der Waals surface area contributed by atoms with Gasteiger partial charge in [-0.15, -0.1) is 0 Å². The van der Waals surface area contributed by atoms with E-state index in [0.29, 0.717) is 5.92 Å². The average molecular weight is 150 g/mol. The van der Waals surface area contributed by atoms with E-state index in [4.69, 9.17) is 0 Å². The smallest absolute Gasteiger partial charge is 0.0577 e. The zero-order chi connectivity index (χ0) is 7.42. The molecule has 5 atom stereocenters. The Balaban J connectivity index is 1.97. The first-order valence-corrected chi connectivity index (χ1v) is 4.72. The number of aliphatic hydroxyl groups is 1. The molecule has 11 heavy (non-hydrogen) atoms. The summed E-state index contributed by atoms with van der Waals surface area (Å²) in [6.07, 6.45) is 8.41. The Labute approximate surface area is 67.1 Å². The molecule has 0 aliphatic heterocycles. The van der Waals surface area contributed by atoms with Gasteiger partial charge in [0.15, 0.2) is 0 Å². The Morgan fingerprint density at radius 3 is 2.73 bits per heavy atom. The van der Waals surface area contributed by atoms with E-state index in [0.717, 1.165) is 24.2 Å². The van der Waals surface area contributed by atoms with E-state index in [2.05, 4.69) is 12.2 Å². The Bertz CT molecular complexity index is 209. The van der Waals surface area contributed by atoms with Crippen molar-refractivity contribution in [2.24, 2.45) is 23.7 Å². The van der Waals surface area contributed by atoms with Gasteiger partial charge in [0.2, 0.25) is 0 Å². The quantitative estimate of drug-likeness (QED) is 0.520. The van der Waals surface area contributed by atoms with Gasteiger partial charge >= 0.3 is 0 Å². The molecule has 3 rings (SSSR count). The molecule has 0 aromatic carbocycles. The Morgan fingerprint density at radius 1 is 1.09 bits per heavy atom. The van der Waals surface area contributed by atoms with Gasteiger partial charge in [-0.2, -0.15) is 0 Å². The molecule has 0 spiro atoms. The molecule has 0 heterocycles. The molecule has 0 aromatic heterocycles. The lowest BCUT2D eigenvalue weighted by molar-refractivity contribution is 0.108. The van der Waals surface area contributed by atoms with E-state index in [9.17, 15) is 5.11 Å². The zero-order valence-corrected chi connectivity index (χ0v) is 6.61. The van der Waals surface area contributed by atoms with Crippen molar-refractivity contribution in [2.45, 2.75) is 25.4 Å². The van der Waals surface area contributed by atoms with Crippen molar-refractivity contribution in [1.29, 1.82) is 0 Å². The molecule has 1 nitrogen and oxygen atoms in total. The number of allylic oxidation sites excluding steroid dienone is 2. The molecule has 60 valence electrons. The first-order valence-electron chi connectivity index (χ1n) is 4.72. The lowest BCUT2D eigenvalue weighted by atomic mass is 9.85. The van der Waals surface area contributed by atoms with E-state index >= 15 is 0 Å². The fourth-order valence-corrected chi connectivity index (χ4v) is 3.50. The van der Waals surface area contributed by atoms with Gasteiger partial charge in [-0.3, -0.25) is 0 Å². The molecule has 2 bridgehead atoms. The van der Waals surface area contributed by atoms with Crippen LogP contribution in [0.4, 0.5) is 0 Å². The Morgan fingerprint density at radius 2 is 1.91 bits per heavy atom. The summed E-state index contributed by atoms with van der Waals surface area (Å²) in [6, 6.07) is 0. The van der Waals surface area contributed by atoms with Gasteiger partial charge in [-0.25, -0.2) is 0 Å². The van der Waals surface area contributed by atoms with Crippen LogP contribution in [0.25, 0.3) is 0 Å². The van der Waals surface area contributed by atoms with Crippen molar-refractivity contribution in [3.63, 3.8) is 0 Å². The van der Waals surface area contributed by atoms with Crippen molar-refractivity contribution < 1.29 is 5.11 Å². The summed E-state index contributed by atoms with van der Waals surface area (Å²) in [6.45, 7) is 0. The topological polar surface area (TPSA) is 20.2 Å². The predicted octanol–water partition coefficient (Wildman–Crippen LogP) is 1.58. The summed E-state index contributed by atoms with van der Waals surface area (Å²) in [4.78, 5) is 0. The van der Waals surface area contributed by atoms with Crippen LogP contribution < -0.4 is 0 Å². The number of hydrogen-bond donors (Lipinski definition) is 1. The molecular formula is C10H14O. The second-order valence-electron chi connectivity index (χ2n) is 4.33. The van der Waals surface area contributed by atoms with E-state index in [1.165, 1.54) is 12.8 Å². The van der Waals surface area contributed by atoms with Crippen molar-refractivity contribution in [2.75, 3.05) is 0 Å². The van der Waals surface area contributed by atoms with Crippen LogP contribution in [-0.4, -0.2) is 11.2 Å². The molecule has 0 saturated heterocycles. The third-order valence-corrected chi connectivity index (χ3v) is 3.93. The van der Waals surface area contributed by atoms with Crippen molar-refractivity contribution in [1.82, 2.24) is 0 Å². The van der Waals surface area contributed by atoms with Crippen LogP contribution in [0.15, 0.2) is 12.2 Å². The molecule has 3 aliphatic carbocycles. The van der Waals surface area contributed by atoms with Crippen LogP contribution in [-0.2, 0) is 0 Å². The highest BCUT2D eigenvalue weighted by atomic mass is 16.3. The SMILES string of the molecule is O[C@@H]1CC[C@H]2[C@H]1[C@H]1C=C[C@@H]2C1. The molecule has 2 saturated carbocycles. The highest BCUT2D eigenvalue weighted by molar-refractivity contribution is 5.16. The fraction of sp³-hybridized carbons (Fsp3) is 0.800. The summed E-state index contributed by atoms with van der Waals surface area (Å²) in [7, 11) is 0. The minimum atomic E-state index is 0.0277. The monoisotopic (exact) mass is 150 g/mol. The van der Waals surface area contributed by atoms with Crippen LogP contribution in [0.5, 0.6) is 0 Å². The van der Waals surface area contributed by atoms with Gasteiger partial charge in [0.05, 0.1) is 6.10 Å². The maximum Gasteiger partial charge on any atom is 0.0577 e. The van der Waals surface area contributed by atoms with Crippen LogP contribution in [0, 0.1) is 23.7 Å². The number of hydrogen-bond acceptors (Lipinski definition) is 1. The summed E-state index contributed by atoms with van der Waals surface area (Å²) in [5, 5.41) is 9.69. The van der Waals surface area contributed by atoms with Crippen molar-refractivity contribution >= 4 is 0 Å². The summed E-state index contributed by atoms with van der Waals surface area (Å²) in [5.74, 6) is 3.06. The van der Waals surface area contributed by atoms with Gasteiger partial charge < -0.3 is 5.11 Å². The van der Waals surface area contributed by atoms with Crippen molar-refractivity contribution in [3.05, 3.63) is 12.2 Å². The van der Waals surface area contributed by atoms with Gasteiger partial charge in [-0.05, 0) is 42.9 Å². The van der Waals surface area contributed by atoms with E-state index in [-0.39, 0.29) is 6.10 Å². The summed E-state index contributed by atoms with van der Waals surface area (Å²) >= 11 is 0. The minimum Gasteiger partial charge on any atom is -0.393 e. The molecule has 0 aromatic rings. The standard InChI is InChI=1S/C10H14O/c11-9-4-3-8-6-1-2-7(5-6)10(8)9/h1-2,6-11H,3-5H2/t6-,7+,8-,9-,10-/m1/s1. The zero-order valence-electron chi connectivity index (χ0n) is 6.61. The maximum atomic E-state index is 9.69. The van der Waals surface area contributed by atoms with Crippen LogP contribution in [0.3, 0.4) is 0 Å². The highest BCUT2D eigenvalue weighted by Gasteiger charge is 2.50. The summed E-state index contributed by atoms with van der Waals surface area (Å²) < 4.78 is 0. The Kier molecular flexibility index (Phi) is 1.07. The van der Waals surface area contributed by atoms with Crippen LogP contribution in [0.2, 0.25) is 0 Å². The number of rotatable bonds is 0. The molecular weight excluding hydrogens is 136 g/mol. The van der Waals surface area contributed by atoms with Gasteiger partial charge in [0.25, 0.3) is 0 Å². The number of fused-ring (bicyclic) bond motifs is 5. The number of aliphatic hydroxyl groups excluding tert-OH is 1. The Hall–Kier alpha value is -0.300. The second-order valence-corrected chi connectivity index (χ2v) is 4.33. The fourth-order valence-electron chi connectivity index (χ4n) is 3.50. The molecule has 0 amide bonds. The lowest BCUT2D eigenvalue weighted by Crippen LogP contribution is -2.22. The average Bonchev–Trinajstić information content (AvgIpc) is 2.60. The molecule has 3 aliphatic rings. The molecule has 2 fully saturated rings. The van der Waals surface area contributed by atoms with Crippen LogP contribution >= 0.6 is 0 Å². The lowest BCUT2D eigenvalue weighted by Gasteiger charge is -2.22. The molecule has 0 radical (unpaired) electrons. The highest BCUT2D eigenvalue weighted by Crippen LogP contribution is 2.55. The van der Waals surface area contributed by atoms with E-state index < -0.39 is 0 Å². The van der Waals surface area contributed by atoms with Crippen LogP contribution in [0.1, 0.15) is 19.3 Å². The van der Waals surface area contributed by atoms with E-state index in [1.807, 2.05) is 0 Å². The van der Waals surface area contributed by atoms with Crippen molar-refractivity contribution in [3.8, 4) is 0 Å². The second kappa shape index (κ2) is 1.89. The van der Waals surface area contributed by atoms with Gasteiger partial charge in [0.1, 0.15) is 0 Å². The maximum absolute atomic E-state index is 9.69. The van der Waals surface area contributed by atoms with Gasteiger partial charge in [0, 0.05) is 0 Å². The minimum absolute atomic E-state index is 0.0277.